The largest absolute Gasteiger partial charge is 0.325 e. The first-order valence-corrected chi connectivity index (χ1v) is 15.0. The monoisotopic (exact) mass is 571 g/mol. The predicted molar refractivity (Wildman–Crippen MR) is 159 cm³/mol. The number of anilines is 1. The van der Waals surface area contributed by atoms with Crippen molar-refractivity contribution < 1.29 is 14.4 Å². The zero-order chi connectivity index (χ0) is 27.8. The number of fused-ring (bicyclic) bond motifs is 1. The maximum atomic E-state index is 13.8. The highest BCUT2D eigenvalue weighted by molar-refractivity contribution is 7.21. The van der Waals surface area contributed by atoms with Gasteiger partial charge in [0.15, 0.2) is 0 Å². The molecule has 1 saturated carbocycles. The van der Waals surface area contributed by atoms with E-state index in [-0.39, 0.29) is 36.6 Å². The first-order chi connectivity index (χ1) is 19.4. The third kappa shape index (κ3) is 5.16. The Balaban J connectivity index is 1.26. The van der Waals surface area contributed by atoms with Gasteiger partial charge in [0.05, 0.1) is 22.3 Å². The summed E-state index contributed by atoms with van der Waals surface area (Å²) in [5, 5.41) is 1.42. The Morgan fingerprint density at radius 2 is 1.77 bits per heavy atom. The van der Waals surface area contributed by atoms with Crippen LogP contribution in [0.15, 0.2) is 66.7 Å². The van der Waals surface area contributed by atoms with E-state index in [9.17, 15) is 14.4 Å². The Hall–Kier alpha value is -3.55. The van der Waals surface area contributed by atoms with Crippen LogP contribution in [0.4, 0.5) is 5.69 Å². The highest BCUT2D eigenvalue weighted by atomic mass is 35.5. The number of nitrogens with zero attached hydrogens (tertiary/aromatic N) is 3. The molecule has 6 rings (SSSR count). The minimum atomic E-state index is -0.856. The zero-order valence-electron chi connectivity index (χ0n) is 22.3. The lowest BCUT2D eigenvalue weighted by molar-refractivity contribution is -0.143. The first-order valence-electron chi connectivity index (χ1n) is 13.8. The predicted octanol–water partition coefficient (Wildman–Crippen LogP) is 7.17. The number of halogens is 1. The van der Waals surface area contributed by atoms with Crippen molar-refractivity contribution >= 4 is 56.6 Å². The third-order valence-corrected chi connectivity index (χ3v) is 9.39. The fourth-order valence-corrected chi connectivity index (χ4v) is 7.04. The van der Waals surface area contributed by atoms with Crippen LogP contribution in [0.2, 0.25) is 5.02 Å². The van der Waals surface area contributed by atoms with Crippen molar-refractivity contribution in [1.29, 1.82) is 0 Å². The molecule has 2 heterocycles. The lowest BCUT2D eigenvalue weighted by atomic mass is 9.87. The number of carbonyl (C=O) groups is 3. The van der Waals surface area contributed by atoms with Gasteiger partial charge in [-0.1, -0.05) is 55.1 Å². The van der Waals surface area contributed by atoms with Crippen LogP contribution < -0.4 is 4.90 Å². The van der Waals surface area contributed by atoms with E-state index in [0.717, 1.165) is 58.5 Å². The summed E-state index contributed by atoms with van der Waals surface area (Å²) in [6.07, 6.45) is 4.70. The quantitative estimate of drug-likeness (QED) is 0.230. The van der Waals surface area contributed by atoms with Gasteiger partial charge in [-0.2, -0.15) is 0 Å². The molecule has 1 aliphatic heterocycles. The topological polar surface area (TPSA) is 70.6 Å². The summed E-state index contributed by atoms with van der Waals surface area (Å²) in [5.74, 6) is -0.873. The Morgan fingerprint density at radius 3 is 2.52 bits per heavy atom. The van der Waals surface area contributed by atoms with Crippen LogP contribution in [0.25, 0.3) is 20.8 Å². The molecule has 2 aliphatic rings. The molecule has 4 aromatic rings. The van der Waals surface area contributed by atoms with E-state index in [4.69, 9.17) is 16.6 Å². The van der Waals surface area contributed by atoms with Gasteiger partial charge in [0.2, 0.25) is 11.8 Å². The van der Waals surface area contributed by atoms with Crippen molar-refractivity contribution in [3.05, 3.63) is 82.9 Å². The first kappa shape index (κ1) is 26.7. The maximum absolute atomic E-state index is 13.8. The molecule has 1 atom stereocenters. The van der Waals surface area contributed by atoms with Gasteiger partial charge in [-0.05, 0) is 73.4 Å². The number of imide groups is 1. The Bertz CT molecular complexity index is 1590. The molecule has 1 saturated heterocycles. The fourth-order valence-electron chi connectivity index (χ4n) is 5.77. The van der Waals surface area contributed by atoms with Gasteiger partial charge in [0.25, 0.3) is 5.91 Å². The van der Waals surface area contributed by atoms with Gasteiger partial charge in [-0.25, -0.2) is 9.88 Å². The molecule has 2 fully saturated rings. The number of benzene rings is 3. The molecule has 1 aromatic heterocycles. The van der Waals surface area contributed by atoms with E-state index in [0.29, 0.717) is 10.7 Å². The number of hydrogen-bond acceptors (Lipinski definition) is 5. The molecular formula is C32H30ClN3O3S. The Kier molecular flexibility index (Phi) is 7.43. The van der Waals surface area contributed by atoms with Crippen LogP contribution in [-0.4, -0.2) is 33.6 Å². The standard InChI is InChI=1S/C32H30ClN3O3S/c1-20-11-16-26-28(17-20)40-30(34-26)21-12-14-24(15-13-21)36-29(37)18-27(32(36)39)35(19-23-9-5-6-10-25(23)33)31(38)22-7-3-2-4-8-22/h5-6,9-17,22,27H,2-4,7-8,18-19H2,1H3. The molecular weight excluding hydrogens is 542 g/mol. The number of carbonyl (C=O) groups excluding carboxylic acids is 3. The maximum Gasteiger partial charge on any atom is 0.257 e. The number of rotatable bonds is 6. The number of hydrogen-bond donors (Lipinski definition) is 0. The second kappa shape index (κ2) is 11.1. The van der Waals surface area contributed by atoms with E-state index in [1.54, 1.807) is 34.4 Å². The second-order valence-electron chi connectivity index (χ2n) is 10.7. The molecule has 204 valence electrons. The summed E-state index contributed by atoms with van der Waals surface area (Å²) >= 11 is 8.06. The summed E-state index contributed by atoms with van der Waals surface area (Å²) in [6, 6.07) is 20.0. The fraction of sp³-hybridized carbons (Fsp3) is 0.312. The zero-order valence-corrected chi connectivity index (χ0v) is 23.9. The molecule has 0 bridgehead atoms. The molecule has 6 nitrogen and oxygen atoms in total. The van der Waals surface area contributed by atoms with Crippen LogP contribution in [0.1, 0.15) is 49.7 Å². The average molecular weight is 572 g/mol. The van der Waals surface area contributed by atoms with Gasteiger partial charge < -0.3 is 4.90 Å². The van der Waals surface area contributed by atoms with Gasteiger partial charge in [0, 0.05) is 23.0 Å². The molecule has 40 heavy (non-hydrogen) atoms. The van der Waals surface area contributed by atoms with Crippen LogP contribution in [0.3, 0.4) is 0 Å². The Morgan fingerprint density at radius 1 is 1.02 bits per heavy atom. The van der Waals surface area contributed by atoms with Crippen molar-refractivity contribution in [3.63, 3.8) is 0 Å². The molecule has 0 spiro atoms. The molecule has 8 heteroatoms. The normalized spacial score (nSPS) is 18.1. The van der Waals surface area contributed by atoms with Gasteiger partial charge in [-0.15, -0.1) is 11.3 Å². The Labute approximate surface area is 242 Å². The van der Waals surface area contributed by atoms with Gasteiger partial charge >= 0.3 is 0 Å². The summed E-state index contributed by atoms with van der Waals surface area (Å²) < 4.78 is 1.12. The highest BCUT2D eigenvalue weighted by Crippen LogP contribution is 2.35. The second-order valence-corrected chi connectivity index (χ2v) is 12.2. The van der Waals surface area contributed by atoms with Gasteiger partial charge in [0.1, 0.15) is 11.0 Å². The number of aromatic nitrogens is 1. The van der Waals surface area contributed by atoms with E-state index in [2.05, 4.69) is 13.0 Å². The number of aryl methyl sites for hydroxylation is 1. The van der Waals surface area contributed by atoms with E-state index in [1.165, 1.54) is 10.5 Å². The van der Waals surface area contributed by atoms with E-state index >= 15 is 0 Å². The van der Waals surface area contributed by atoms with Crippen molar-refractivity contribution in [2.24, 2.45) is 5.92 Å². The van der Waals surface area contributed by atoms with E-state index < -0.39 is 6.04 Å². The van der Waals surface area contributed by atoms with Crippen molar-refractivity contribution in [1.82, 2.24) is 9.88 Å². The van der Waals surface area contributed by atoms with Crippen LogP contribution >= 0.6 is 22.9 Å². The molecule has 0 N–H and O–H groups in total. The molecule has 3 aromatic carbocycles. The van der Waals surface area contributed by atoms with Crippen molar-refractivity contribution in [2.45, 2.75) is 58.0 Å². The van der Waals surface area contributed by atoms with E-state index in [1.807, 2.05) is 42.5 Å². The number of thiazole rings is 1. The molecule has 1 unspecified atom stereocenters. The smallest absolute Gasteiger partial charge is 0.257 e. The minimum absolute atomic E-state index is 0.0410. The SMILES string of the molecule is Cc1ccc2nc(-c3ccc(N4C(=O)CC(N(Cc5ccccc5Cl)C(=O)C5CCCCC5)C4=O)cc3)sc2c1. The summed E-state index contributed by atoms with van der Waals surface area (Å²) in [4.78, 5) is 48.4. The molecule has 1 aliphatic carbocycles. The van der Waals surface area contributed by atoms with Crippen LogP contribution in [-0.2, 0) is 20.9 Å². The van der Waals surface area contributed by atoms with Crippen molar-refractivity contribution in [3.8, 4) is 10.6 Å². The molecule has 0 radical (unpaired) electrons. The van der Waals surface area contributed by atoms with Gasteiger partial charge in [-0.3, -0.25) is 14.4 Å². The lowest BCUT2D eigenvalue weighted by Gasteiger charge is -2.33. The number of amides is 3. The molecule has 3 amide bonds. The summed E-state index contributed by atoms with van der Waals surface area (Å²) in [6.45, 7) is 2.26. The third-order valence-electron chi connectivity index (χ3n) is 7.95. The summed E-state index contributed by atoms with van der Waals surface area (Å²) in [7, 11) is 0. The highest BCUT2D eigenvalue weighted by Gasteiger charge is 2.45. The minimum Gasteiger partial charge on any atom is -0.325 e. The van der Waals surface area contributed by atoms with Crippen LogP contribution in [0, 0.1) is 12.8 Å². The summed E-state index contributed by atoms with van der Waals surface area (Å²) in [5.41, 5.74) is 4.32. The average Bonchev–Trinajstić information content (AvgIpc) is 3.52. The van der Waals surface area contributed by atoms with Crippen molar-refractivity contribution in [2.75, 3.05) is 4.90 Å². The lowest BCUT2D eigenvalue weighted by Crippen LogP contribution is -2.47. The van der Waals surface area contributed by atoms with Crippen LogP contribution in [0.5, 0.6) is 0 Å².